The van der Waals surface area contributed by atoms with Gasteiger partial charge in [0.1, 0.15) is 11.4 Å². The van der Waals surface area contributed by atoms with Gasteiger partial charge in [0.05, 0.1) is 17.0 Å². The van der Waals surface area contributed by atoms with Gasteiger partial charge in [-0.05, 0) is 98.6 Å². The first kappa shape index (κ1) is 27.6. The number of carbonyl (C=O) groups is 1. The lowest BCUT2D eigenvalue weighted by molar-refractivity contribution is -0.142. The lowest BCUT2D eigenvalue weighted by atomic mass is 9.76. The van der Waals surface area contributed by atoms with Crippen molar-refractivity contribution < 1.29 is 41.0 Å². The highest BCUT2D eigenvalue weighted by Crippen LogP contribution is 2.49. The largest absolute Gasteiger partial charge is 0.487 e. The molecule has 2 N–H and O–H groups in total. The van der Waals surface area contributed by atoms with Crippen molar-refractivity contribution >= 4 is 11.7 Å². The average Bonchev–Trinajstić information content (AvgIpc) is 3.69. The minimum absolute atomic E-state index is 0.0931. The summed E-state index contributed by atoms with van der Waals surface area (Å²) in [6.07, 6.45) is -4.04. The Hall–Kier alpha value is -2.91. The van der Waals surface area contributed by atoms with Crippen LogP contribution in [0.1, 0.15) is 80.0 Å². The molecule has 4 nitrogen and oxygen atoms in total. The van der Waals surface area contributed by atoms with E-state index >= 15 is 0 Å². The monoisotopic (exact) mass is 555 g/mol. The van der Waals surface area contributed by atoms with Crippen molar-refractivity contribution in [1.29, 1.82) is 0 Å². The van der Waals surface area contributed by atoms with Crippen LogP contribution in [0.15, 0.2) is 36.4 Å². The molecule has 0 radical (unpaired) electrons. The second-order valence-electron chi connectivity index (χ2n) is 11.3. The van der Waals surface area contributed by atoms with Crippen LogP contribution in [0.4, 0.5) is 32.0 Å². The van der Waals surface area contributed by atoms with Gasteiger partial charge in [-0.25, -0.2) is 0 Å². The number of aryl methyl sites for hydroxylation is 1. The number of fused-ring (bicyclic) bond motifs is 1. The predicted octanol–water partition coefficient (Wildman–Crippen LogP) is 8.06. The van der Waals surface area contributed by atoms with Crippen molar-refractivity contribution in [2.75, 3.05) is 5.32 Å². The number of benzene rings is 2. The fourth-order valence-electron chi connectivity index (χ4n) is 6.25. The number of carboxylic acids is 1. The van der Waals surface area contributed by atoms with Crippen LogP contribution in [0.2, 0.25) is 0 Å². The zero-order valence-corrected chi connectivity index (χ0v) is 21.5. The van der Waals surface area contributed by atoms with Gasteiger partial charge < -0.3 is 15.2 Å². The Morgan fingerprint density at radius 1 is 0.974 bits per heavy atom. The van der Waals surface area contributed by atoms with Crippen molar-refractivity contribution in [3.05, 3.63) is 58.7 Å². The number of hydrogen-bond acceptors (Lipinski definition) is 3. The lowest BCUT2D eigenvalue weighted by Crippen LogP contribution is -2.45. The van der Waals surface area contributed by atoms with E-state index in [1.807, 2.05) is 18.2 Å². The maximum absolute atomic E-state index is 13.5. The molecule has 0 aromatic heterocycles. The van der Waals surface area contributed by atoms with E-state index in [1.54, 1.807) is 6.92 Å². The molecule has 2 fully saturated rings. The molecule has 1 unspecified atom stereocenters. The Labute approximate surface area is 222 Å². The van der Waals surface area contributed by atoms with Gasteiger partial charge in [-0.15, -0.1) is 0 Å². The van der Waals surface area contributed by atoms with Gasteiger partial charge in [-0.1, -0.05) is 19.1 Å². The van der Waals surface area contributed by atoms with Crippen LogP contribution in [-0.4, -0.2) is 22.7 Å². The van der Waals surface area contributed by atoms with Crippen LogP contribution in [0, 0.1) is 11.8 Å². The van der Waals surface area contributed by atoms with E-state index in [9.17, 15) is 36.2 Å². The highest BCUT2D eigenvalue weighted by molar-refractivity contribution is 5.71. The summed E-state index contributed by atoms with van der Waals surface area (Å²) < 4.78 is 86.7. The van der Waals surface area contributed by atoms with Crippen LogP contribution in [-0.2, 0) is 23.6 Å². The minimum atomic E-state index is -4.79. The number of carboxylic acid groups (broad SMARTS) is 1. The normalized spacial score (nSPS) is 24.9. The Balaban J connectivity index is 1.30. The van der Waals surface area contributed by atoms with Crippen LogP contribution >= 0.6 is 0 Å². The first-order valence-corrected chi connectivity index (χ1v) is 13.4. The van der Waals surface area contributed by atoms with Gasteiger partial charge in [0.15, 0.2) is 0 Å². The first-order chi connectivity index (χ1) is 18.3. The molecule has 2 aromatic rings. The van der Waals surface area contributed by atoms with E-state index in [0.29, 0.717) is 49.8 Å². The molecular weight excluding hydrogens is 524 g/mol. The molecule has 39 heavy (non-hydrogen) atoms. The van der Waals surface area contributed by atoms with E-state index < -0.39 is 52.7 Å². The highest BCUT2D eigenvalue weighted by atomic mass is 19.4. The number of anilines is 1. The number of halogens is 6. The molecule has 2 saturated carbocycles. The van der Waals surface area contributed by atoms with Crippen LogP contribution in [0.5, 0.6) is 5.75 Å². The molecule has 2 atom stereocenters. The second kappa shape index (κ2) is 9.93. The number of aliphatic carboxylic acids is 1. The topological polar surface area (TPSA) is 58.6 Å². The number of nitrogens with one attached hydrogen (secondary N) is 1. The van der Waals surface area contributed by atoms with E-state index in [0.717, 1.165) is 42.6 Å². The van der Waals surface area contributed by atoms with Crippen molar-refractivity contribution in [3.8, 4) is 5.75 Å². The smallest absolute Gasteiger partial charge is 0.418 e. The molecule has 1 heterocycles. The molecular formula is C29H31F6NO3. The molecule has 0 bridgehead atoms. The average molecular weight is 556 g/mol. The summed E-state index contributed by atoms with van der Waals surface area (Å²) in [5, 5.41) is 12.4. The zero-order chi connectivity index (χ0) is 28.2. The maximum Gasteiger partial charge on any atom is 0.418 e. The molecule has 0 saturated heterocycles. The number of rotatable bonds is 6. The summed E-state index contributed by atoms with van der Waals surface area (Å²) >= 11 is 0. The molecule has 1 spiro atoms. The maximum atomic E-state index is 13.5. The second-order valence-corrected chi connectivity index (χ2v) is 11.3. The van der Waals surface area contributed by atoms with Gasteiger partial charge in [-0.2, -0.15) is 26.3 Å². The van der Waals surface area contributed by atoms with Crippen LogP contribution in [0.3, 0.4) is 0 Å². The van der Waals surface area contributed by atoms with E-state index in [-0.39, 0.29) is 5.92 Å². The molecule has 3 aliphatic rings. The van der Waals surface area contributed by atoms with Crippen LogP contribution in [0.25, 0.3) is 0 Å². The summed E-state index contributed by atoms with van der Waals surface area (Å²) in [5.41, 5.74) is -1.32. The number of hydrogen-bond donors (Lipinski definition) is 2. The fourth-order valence-corrected chi connectivity index (χ4v) is 6.25. The van der Waals surface area contributed by atoms with E-state index in [2.05, 4.69) is 5.32 Å². The quantitative estimate of drug-likeness (QED) is 0.354. The summed E-state index contributed by atoms with van der Waals surface area (Å²) in [5.74, 6) is -0.380. The van der Waals surface area contributed by atoms with Crippen molar-refractivity contribution in [2.45, 2.75) is 88.2 Å². The standard InChI is InChI=1S/C29H31F6NO3/c1-16(26(37)38)25(18-3-4-18)19-5-2-17-8-11-27(39-24(17)14-19)12-9-21(10-13-27)36-23-15-20(28(30,31)32)6-7-22(23)29(33,34)35/h2,5-7,14-16,18,21,25,36H,3-4,8-13H2,1H3,(H,37,38)/t16-,21?,25?,27?/m0/s1. The Morgan fingerprint density at radius 2 is 1.67 bits per heavy atom. The van der Waals surface area contributed by atoms with Crippen LogP contribution < -0.4 is 10.1 Å². The summed E-state index contributed by atoms with van der Waals surface area (Å²) in [6.45, 7) is 1.73. The molecule has 2 aliphatic carbocycles. The summed E-state index contributed by atoms with van der Waals surface area (Å²) in [6, 6.07) is 7.01. The number of alkyl halides is 6. The van der Waals surface area contributed by atoms with Gasteiger partial charge >= 0.3 is 18.3 Å². The Morgan fingerprint density at radius 3 is 2.26 bits per heavy atom. The van der Waals surface area contributed by atoms with E-state index in [1.165, 1.54) is 0 Å². The highest BCUT2D eigenvalue weighted by Gasteiger charge is 2.43. The molecule has 5 rings (SSSR count). The Kier molecular flexibility index (Phi) is 7.04. The summed E-state index contributed by atoms with van der Waals surface area (Å²) in [4.78, 5) is 11.7. The zero-order valence-electron chi connectivity index (χ0n) is 21.5. The van der Waals surface area contributed by atoms with Crippen molar-refractivity contribution in [2.24, 2.45) is 11.8 Å². The summed E-state index contributed by atoms with van der Waals surface area (Å²) in [7, 11) is 0. The SMILES string of the molecule is C[C@H](C(=O)O)C(c1ccc2c(c1)OC1(CC2)CCC(Nc2cc(C(F)(F)F)ccc2C(F)(F)F)CC1)C1CC1. The minimum Gasteiger partial charge on any atom is -0.487 e. The predicted molar refractivity (Wildman–Crippen MR) is 133 cm³/mol. The Bertz CT molecular complexity index is 1230. The lowest BCUT2D eigenvalue weighted by Gasteiger charge is -2.44. The van der Waals surface area contributed by atoms with Gasteiger partial charge in [-0.3, -0.25) is 4.79 Å². The fraction of sp³-hybridized carbons (Fsp3) is 0.552. The third-order valence-corrected chi connectivity index (χ3v) is 8.62. The van der Waals surface area contributed by atoms with Gasteiger partial charge in [0.2, 0.25) is 0 Å². The van der Waals surface area contributed by atoms with Crippen molar-refractivity contribution in [3.63, 3.8) is 0 Å². The van der Waals surface area contributed by atoms with E-state index in [4.69, 9.17) is 4.74 Å². The van der Waals surface area contributed by atoms with Crippen molar-refractivity contribution in [1.82, 2.24) is 0 Å². The molecule has 10 heteroatoms. The van der Waals surface area contributed by atoms with Gasteiger partial charge in [0, 0.05) is 11.7 Å². The number of ether oxygens (including phenoxy) is 1. The molecule has 212 valence electrons. The third-order valence-electron chi connectivity index (χ3n) is 8.62. The molecule has 1 aliphatic heterocycles. The molecule has 2 aromatic carbocycles. The first-order valence-electron chi connectivity index (χ1n) is 13.4. The molecule has 0 amide bonds. The van der Waals surface area contributed by atoms with Gasteiger partial charge in [0.25, 0.3) is 0 Å². The third kappa shape index (κ3) is 5.84.